The zero-order valence-corrected chi connectivity index (χ0v) is 11.7. The van der Waals surface area contributed by atoms with Gasteiger partial charge in [-0.25, -0.2) is 8.42 Å². The van der Waals surface area contributed by atoms with Crippen molar-refractivity contribution in [1.82, 2.24) is 4.31 Å². The Morgan fingerprint density at radius 1 is 1.50 bits per heavy atom. The molecule has 1 aromatic carbocycles. The highest BCUT2D eigenvalue weighted by molar-refractivity contribution is 7.89. The minimum atomic E-state index is -3.71. The third kappa shape index (κ3) is 2.74. The molecule has 0 aromatic heterocycles. The molecule has 1 saturated heterocycles. The van der Waals surface area contributed by atoms with E-state index in [1.165, 1.54) is 10.4 Å². The van der Waals surface area contributed by atoms with Crippen LogP contribution < -0.4 is 5.73 Å². The number of anilines is 1. The van der Waals surface area contributed by atoms with Gasteiger partial charge in [-0.1, -0.05) is 0 Å². The molecule has 1 unspecified atom stereocenters. The number of rotatable bonds is 3. The highest BCUT2D eigenvalue weighted by Crippen LogP contribution is 2.26. The van der Waals surface area contributed by atoms with Crippen molar-refractivity contribution < 1.29 is 18.1 Å². The largest absolute Gasteiger partial charge is 0.393 e. The minimum absolute atomic E-state index is 0.0466. The second-order valence-corrected chi connectivity index (χ2v) is 6.46. The number of hydrogen-bond acceptors (Lipinski definition) is 6. The van der Waals surface area contributed by atoms with Crippen LogP contribution in [0.5, 0.6) is 0 Å². The Morgan fingerprint density at radius 2 is 2.20 bits per heavy atom. The van der Waals surface area contributed by atoms with Gasteiger partial charge in [-0.2, -0.15) is 4.31 Å². The summed E-state index contributed by atoms with van der Waals surface area (Å²) in [7, 11) is -3.71. The van der Waals surface area contributed by atoms with E-state index in [2.05, 4.69) is 0 Å². The monoisotopic (exact) mass is 301 g/mol. The Kier molecular flexibility index (Phi) is 3.93. The standard InChI is InChI=1S/C11H15N3O5S/c1-8-7-13(4-5-19-8)20(17,18)9-2-3-11(14(15)16)10(12)6-9/h2-3,6,8H,4-5,7,12H2,1H3. The molecule has 1 atom stereocenters. The van der Waals surface area contributed by atoms with Gasteiger partial charge in [-0.05, 0) is 19.1 Å². The lowest BCUT2D eigenvalue weighted by Gasteiger charge is -2.30. The lowest BCUT2D eigenvalue weighted by Crippen LogP contribution is -2.44. The van der Waals surface area contributed by atoms with E-state index in [4.69, 9.17) is 10.5 Å². The fraction of sp³-hybridized carbons (Fsp3) is 0.455. The summed E-state index contributed by atoms with van der Waals surface area (Å²) in [5.74, 6) is 0. The number of nitrogens with two attached hydrogens (primary N) is 1. The van der Waals surface area contributed by atoms with Crippen LogP contribution in [0, 0.1) is 10.1 Å². The number of ether oxygens (including phenoxy) is 1. The Balaban J connectivity index is 2.34. The van der Waals surface area contributed by atoms with Crippen LogP contribution in [0.2, 0.25) is 0 Å². The SMILES string of the molecule is CC1CN(S(=O)(=O)c2ccc([N+](=O)[O-])c(N)c2)CCO1. The van der Waals surface area contributed by atoms with Crippen molar-refractivity contribution in [3.63, 3.8) is 0 Å². The van der Waals surface area contributed by atoms with Crippen molar-refractivity contribution in [2.24, 2.45) is 0 Å². The van der Waals surface area contributed by atoms with Crippen LogP contribution in [0.3, 0.4) is 0 Å². The topological polar surface area (TPSA) is 116 Å². The Hall–Kier alpha value is -1.71. The number of nitro groups is 1. The molecule has 0 spiro atoms. The summed E-state index contributed by atoms with van der Waals surface area (Å²) in [4.78, 5) is 9.98. The summed E-state index contributed by atoms with van der Waals surface area (Å²) in [5.41, 5.74) is 5.05. The maximum absolute atomic E-state index is 12.4. The quantitative estimate of drug-likeness (QED) is 0.496. The van der Waals surface area contributed by atoms with E-state index in [9.17, 15) is 18.5 Å². The molecular formula is C11H15N3O5S. The number of nitro benzene ring substituents is 1. The van der Waals surface area contributed by atoms with Crippen LogP contribution >= 0.6 is 0 Å². The predicted octanol–water partition coefficient (Wildman–Crippen LogP) is 0.586. The first-order valence-electron chi connectivity index (χ1n) is 5.98. The van der Waals surface area contributed by atoms with Gasteiger partial charge in [0, 0.05) is 19.2 Å². The molecule has 9 heteroatoms. The number of nitrogen functional groups attached to an aromatic ring is 1. The number of morpholine rings is 1. The molecule has 1 aromatic rings. The zero-order chi connectivity index (χ0) is 14.9. The summed E-state index contributed by atoms with van der Waals surface area (Å²) in [5, 5.41) is 10.7. The molecular weight excluding hydrogens is 286 g/mol. The number of nitrogens with zero attached hydrogens (tertiary/aromatic N) is 2. The molecule has 2 rings (SSSR count). The smallest absolute Gasteiger partial charge is 0.292 e. The van der Waals surface area contributed by atoms with Crippen LogP contribution in [0.1, 0.15) is 6.92 Å². The molecule has 110 valence electrons. The molecule has 1 fully saturated rings. The van der Waals surface area contributed by atoms with Gasteiger partial charge >= 0.3 is 0 Å². The first kappa shape index (κ1) is 14.7. The predicted molar refractivity (Wildman–Crippen MR) is 71.7 cm³/mol. The fourth-order valence-electron chi connectivity index (χ4n) is 2.01. The maximum atomic E-state index is 12.4. The summed E-state index contributed by atoms with van der Waals surface area (Å²) in [6.45, 7) is 2.61. The molecule has 0 saturated carbocycles. The van der Waals surface area contributed by atoms with Gasteiger partial charge in [0.05, 0.1) is 22.5 Å². The second kappa shape index (κ2) is 5.35. The lowest BCUT2D eigenvalue weighted by atomic mass is 10.3. The molecule has 1 heterocycles. The van der Waals surface area contributed by atoms with E-state index in [0.717, 1.165) is 12.1 Å². The minimum Gasteiger partial charge on any atom is -0.393 e. The first-order chi connectivity index (χ1) is 9.32. The zero-order valence-electron chi connectivity index (χ0n) is 10.9. The molecule has 0 aliphatic carbocycles. The number of hydrogen-bond donors (Lipinski definition) is 1. The van der Waals surface area contributed by atoms with Crippen molar-refractivity contribution >= 4 is 21.4 Å². The van der Waals surface area contributed by atoms with Crippen molar-refractivity contribution in [2.75, 3.05) is 25.4 Å². The molecule has 8 nitrogen and oxygen atoms in total. The summed E-state index contributed by atoms with van der Waals surface area (Å²) in [6, 6.07) is 3.42. The average Bonchev–Trinajstić information content (AvgIpc) is 2.38. The summed E-state index contributed by atoms with van der Waals surface area (Å²) in [6.07, 6.45) is -0.186. The number of benzene rings is 1. The maximum Gasteiger partial charge on any atom is 0.292 e. The molecule has 1 aliphatic rings. The fourth-order valence-corrected chi connectivity index (χ4v) is 3.55. The molecule has 1 aliphatic heterocycles. The molecule has 0 bridgehead atoms. The van der Waals surface area contributed by atoms with Crippen LogP contribution in [-0.2, 0) is 14.8 Å². The van der Waals surface area contributed by atoms with Gasteiger partial charge in [-0.15, -0.1) is 0 Å². The van der Waals surface area contributed by atoms with Crippen molar-refractivity contribution in [1.29, 1.82) is 0 Å². The van der Waals surface area contributed by atoms with E-state index in [-0.39, 0.29) is 35.5 Å². The average molecular weight is 301 g/mol. The van der Waals surface area contributed by atoms with E-state index in [1.54, 1.807) is 6.92 Å². The molecule has 2 N–H and O–H groups in total. The third-order valence-electron chi connectivity index (χ3n) is 3.04. The van der Waals surface area contributed by atoms with Gasteiger partial charge in [0.15, 0.2) is 0 Å². The van der Waals surface area contributed by atoms with Gasteiger partial charge in [0.25, 0.3) is 5.69 Å². The van der Waals surface area contributed by atoms with Crippen molar-refractivity contribution in [2.45, 2.75) is 17.9 Å². The molecule has 0 radical (unpaired) electrons. The van der Waals surface area contributed by atoms with Crippen LogP contribution in [-0.4, -0.2) is 43.4 Å². The third-order valence-corrected chi connectivity index (χ3v) is 4.90. The van der Waals surface area contributed by atoms with E-state index in [1.807, 2.05) is 0 Å². The van der Waals surface area contributed by atoms with Gasteiger partial charge < -0.3 is 10.5 Å². The molecule has 20 heavy (non-hydrogen) atoms. The van der Waals surface area contributed by atoms with Gasteiger partial charge in [0.2, 0.25) is 10.0 Å². The normalized spacial score (nSPS) is 20.8. The van der Waals surface area contributed by atoms with E-state index < -0.39 is 14.9 Å². The molecule has 0 amide bonds. The van der Waals surface area contributed by atoms with Crippen molar-refractivity contribution in [3.8, 4) is 0 Å². The second-order valence-electron chi connectivity index (χ2n) is 4.52. The van der Waals surface area contributed by atoms with E-state index >= 15 is 0 Å². The van der Waals surface area contributed by atoms with Crippen molar-refractivity contribution in [3.05, 3.63) is 28.3 Å². The summed E-state index contributed by atoms with van der Waals surface area (Å²) < 4.78 is 31.4. The van der Waals surface area contributed by atoms with Crippen LogP contribution in [0.15, 0.2) is 23.1 Å². The van der Waals surface area contributed by atoms with Crippen LogP contribution in [0.25, 0.3) is 0 Å². The Morgan fingerprint density at radius 3 is 2.75 bits per heavy atom. The Labute approximate surface area is 116 Å². The van der Waals surface area contributed by atoms with Gasteiger partial charge in [0.1, 0.15) is 5.69 Å². The number of sulfonamides is 1. The van der Waals surface area contributed by atoms with Gasteiger partial charge in [-0.3, -0.25) is 10.1 Å². The summed E-state index contributed by atoms with van der Waals surface area (Å²) >= 11 is 0. The Bertz CT molecular complexity index is 631. The lowest BCUT2D eigenvalue weighted by molar-refractivity contribution is -0.383. The first-order valence-corrected chi connectivity index (χ1v) is 7.42. The highest BCUT2D eigenvalue weighted by Gasteiger charge is 2.30. The van der Waals surface area contributed by atoms with Crippen LogP contribution in [0.4, 0.5) is 11.4 Å². The van der Waals surface area contributed by atoms with E-state index in [0.29, 0.717) is 6.61 Å². The highest BCUT2D eigenvalue weighted by atomic mass is 32.2.